The van der Waals surface area contributed by atoms with Gasteiger partial charge in [0.1, 0.15) is 0 Å². The second kappa shape index (κ2) is 4.49. The molecule has 1 aliphatic carbocycles. The number of hydrogen-bond donors (Lipinski definition) is 0. The Morgan fingerprint density at radius 2 is 1.82 bits per heavy atom. The van der Waals surface area contributed by atoms with E-state index in [2.05, 4.69) is 0 Å². The molecular weight excluding hydrogens is 240 g/mol. The first-order valence-corrected chi connectivity index (χ1v) is 7.07. The Hall–Kier alpha value is -1.36. The molecule has 0 heterocycles. The van der Waals surface area contributed by atoms with Gasteiger partial charge in [-0.25, -0.2) is 8.42 Å². The van der Waals surface area contributed by atoms with E-state index in [0.717, 1.165) is 19.3 Å². The van der Waals surface area contributed by atoms with Gasteiger partial charge in [-0.05, 0) is 30.5 Å². The molecule has 0 unspecified atom stereocenters. The Labute approximate surface area is 100 Å². The van der Waals surface area contributed by atoms with E-state index < -0.39 is 15.8 Å². The molecule has 1 saturated carbocycles. The zero-order valence-electron chi connectivity index (χ0n) is 9.26. The maximum absolute atomic E-state index is 12.0. The summed E-state index contributed by atoms with van der Waals surface area (Å²) in [5.74, 6) is -1.17. The standard InChI is InChI=1S/C12H14O4S/c13-12(14)8-9-4-6-11(7-5-9)17(15,16)10-2-1-3-10/h4-7,10H,1-3,8H2,(H,13,14)/p-1. The first-order valence-electron chi connectivity index (χ1n) is 5.53. The highest BCUT2D eigenvalue weighted by atomic mass is 32.2. The molecule has 0 amide bonds. The van der Waals surface area contributed by atoms with Crippen molar-refractivity contribution in [3.8, 4) is 0 Å². The van der Waals surface area contributed by atoms with Crippen molar-refractivity contribution >= 4 is 15.8 Å². The minimum Gasteiger partial charge on any atom is -0.550 e. The molecule has 1 fully saturated rings. The number of sulfone groups is 1. The van der Waals surface area contributed by atoms with Gasteiger partial charge in [0.25, 0.3) is 0 Å². The maximum atomic E-state index is 12.0. The molecule has 0 N–H and O–H groups in total. The molecule has 0 aromatic heterocycles. The van der Waals surface area contributed by atoms with Gasteiger partial charge in [-0.3, -0.25) is 0 Å². The highest BCUT2D eigenvalue weighted by Gasteiger charge is 2.32. The quantitative estimate of drug-likeness (QED) is 0.773. The number of rotatable bonds is 4. The van der Waals surface area contributed by atoms with Crippen LogP contribution in [-0.4, -0.2) is 19.6 Å². The number of carboxylic acid groups (broad SMARTS) is 1. The predicted octanol–water partition coefficient (Wildman–Crippen LogP) is 0.305. The molecule has 0 spiro atoms. The number of carboxylic acids is 1. The van der Waals surface area contributed by atoms with Gasteiger partial charge in [-0.1, -0.05) is 18.6 Å². The number of aliphatic carboxylic acids is 1. The van der Waals surface area contributed by atoms with Crippen LogP contribution in [0.3, 0.4) is 0 Å². The summed E-state index contributed by atoms with van der Waals surface area (Å²) in [6, 6.07) is 6.01. The summed E-state index contributed by atoms with van der Waals surface area (Å²) in [5, 5.41) is 10.1. The molecule has 1 aromatic rings. The van der Waals surface area contributed by atoms with Gasteiger partial charge in [0.05, 0.1) is 10.1 Å². The summed E-state index contributed by atoms with van der Waals surface area (Å²) in [5.41, 5.74) is 0.553. The van der Waals surface area contributed by atoms with Crippen LogP contribution >= 0.6 is 0 Å². The number of carbonyl (C=O) groups excluding carboxylic acids is 1. The number of carbonyl (C=O) groups is 1. The zero-order chi connectivity index (χ0) is 12.5. The molecule has 4 nitrogen and oxygen atoms in total. The molecule has 0 atom stereocenters. The van der Waals surface area contributed by atoms with Gasteiger partial charge in [-0.2, -0.15) is 0 Å². The lowest BCUT2D eigenvalue weighted by Gasteiger charge is -2.25. The van der Waals surface area contributed by atoms with E-state index in [9.17, 15) is 18.3 Å². The van der Waals surface area contributed by atoms with Crippen LogP contribution in [0.1, 0.15) is 24.8 Å². The lowest BCUT2D eigenvalue weighted by molar-refractivity contribution is -0.304. The SMILES string of the molecule is O=C([O-])Cc1ccc(S(=O)(=O)C2CCC2)cc1. The van der Waals surface area contributed by atoms with Crippen LogP contribution in [0.2, 0.25) is 0 Å². The average Bonchev–Trinajstić information content (AvgIpc) is 2.13. The van der Waals surface area contributed by atoms with Crippen LogP contribution in [0, 0.1) is 0 Å². The molecule has 0 bridgehead atoms. The highest BCUT2D eigenvalue weighted by molar-refractivity contribution is 7.92. The van der Waals surface area contributed by atoms with E-state index >= 15 is 0 Å². The predicted molar refractivity (Wildman–Crippen MR) is 60.0 cm³/mol. The van der Waals surface area contributed by atoms with Crippen molar-refractivity contribution in [3.05, 3.63) is 29.8 Å². The fourth-order valence-electron chi connectivity index (χ4n) is 1.84. The largest absolute Gasteiger partial charge is 0.550 e. The van der Waals surface area contributed by atoms with Crippen molar-refractivity contribution in [1.82, 2.24) is 0 Å². The van der Waals surface area contributed by atoms with Gasteiger partial charge in [-0.15, -0.1) is 0 Å². The van der Waals surface area contributed by atoms with Gasteiger partial charge in [0.15, 0.2) is 9.84 Å². The number of benzene rings is 1. The second-order valence-electron chi connectivity index (χ2n) is 4.29. The van der Waals surface area contributed by atoms with Crippen molar-refractivity contribution in [1.29, 1.82) is 0 Å². The molecule has 5 heteroatoms. The summed E-state index contributed by atoms with van der Waals surface area (Å²) in [7, 11) is -3.21. The first-order chi connectivity index (χ1) is 8.00. The van der Waals surface area contributed by atoms with Gasteiger partial charge < -0.3 is 9.90 Å². The van der Waals surface area contributed by atoms with Crippen LogP contribution < -0.4 is 5.11 Å². The topological polar surface area (TPSA) is 74.3 Å². The van der Waals surface area contributed by atoms with Crippen molar-refractivity contribution in [2.45, 2.75) is 35.8 Å². The summed E-state index contributed by atoms with van der Waals surface area (Å²) in [6.45, 7) is 0. The van der Waals surface area contributed by atoms with E-state index in [1.807, 2.05) is 0 Å². The lowest BCUT2D eigenvalue weighted by atomic mass is 10.00. The lowest BCUT2D eigenvalue weighted by Crippen LogP contribution is -2.28. The first kappa shape index (κ1) is 12.1. The van der Waals surface area contributed by atoms with E-state index in [1.54, 1.807) is 0 Å². The van der Waals surface area contributed by atoms with E-state index in [1.165, 1.54) is 24.3 Å². The fraction of sp³-hybridized carbons (Fsp3) is 0.417. The van der Waals surface area contributed by atoms with E-state index in [4.69, 9.17) is 0 Å². The maximum Gasteiger partial charge on any atom is 0.181 e. The zero-order valence-corrected chi connectivity index (χ0v) is 10.1. The third-order valence-electron chi connectivity index (χ3n) is 3.09. The van der Waals surface area contributed by atoms with Crippen LogP contribution in [-0.2, 0) is 21.1 Å². The third kappa shape index (κ3) is 2.49. The van der Waals surface area contributed by atoms with Crippen LogP contribution in [0.15, 0.2) is 29.2 Å². The Kier molecular flexibility index (Phi) is 3.19. The fourth-order valence-corrected chi connectivity index (χ4v) is 3.69. The molecule has 0 radical (unpaired) electrons. The molecule has 0 saturated heterocycles. The van der Waals surface area contributed by atoms with Gasteiger partial charge in [0.2, 0.25) is 0 Å². The summed E-state index contributed by atoms with van der Waals surface area (Å²) in [6.07, 6.45) is 2.22. The van der Waals surface area contributed by atoms with Crippen molar-refractivity contribution < 1.29 is 18.3 Å². The normalized spacial score (nSPS) is 16.5. The Balaban J connectivity index is 2.20. The molecule has 92 valence electrons. The highest BCUT2D eigenvalue weighted by Crippen LogP contribution is 2.31. The monoisotopic (exact) mass is 253 g/mol. The summed E-state index contributed by atoms with van der Waals surface area (Å²) < 4.78 is 24.0. The van der Waals surface area contributed by atoms with Gasteiger partial charge in [0, 0.05) is 12.4 Å². The average molecular weight is 253 g/mol. The van der Waals surface area contributed by atoms with Crippen LogP contribution in [0.5, 0.6) is 0 Å². The Bertz CT molecular complexity index is 512. The van der Waals surface area contributed by atoms with Gasteiger partial charge >= 0.3 is 0 Å². The summed E-state index contributed by atoms with van der Waals surface area (Å²) in [4.78, 5) is 10.7. The van der Waals surface area contributed by atoms with Crippen molar-refractivity contribution in [3.63, 3.8) is 0 Å². The molecule has 17 heavy (non-hydrogen) atoms. The van der Waals surface area contributed by atoms with E-state index in [-0.39, 0.29) is 16.6 Å². The third-order valence-corrected chi connectivity index (χ3v) is 5.37. The number of hydrogen-bond acceptors (Lipinski definition) is 4. The van der Waals surface area contributed by atoms with Crippen molar-refractivity contribution in [2.24, 2.45) is 0 Å². The Morgan fingerprint density at radius 3 is 2.24 bits per heavy atom. The van der Waals surface area contributed by atoms with Crippen LogP contribution in [0.4, 0.5) is 0 Å². The molecule has 0 aliphatic heterocycles. The minimum absolute atomic E-state index is 0.191. The summed E-state index contributed by atoms with van der Waals surface area (Å²) >= 11 is 0. The van der Waals surface area contributed by atoms with Crippen molar-refractivity contribution in [2.75, 3.05) is 0 Å². The smallest absolute Gasteiger partial charge is 0.181 e. The van der Waals surface area contributed by atoms with E-state index in [0.29, 0.717) is 5.56 Å². The molecular formula is C12H13O4S-. The molecule has 2 rings (SSSR count). The minimum atomic E-state index is -3.21. The Morgan fingerprint density at radius 1 is 1.24 bits per heavy atom. The van der Waals surface area contributed by atoms with Crippen LogP contribution in [0.25, 0.3) is 0 Å². The second-order valence-corrected chi connectivity index (χ2v) is 6.52. The molecule has 1 aromatic carbocycles. The molecule has 1 aliphatic rings.